The summed E-state index contributed by atoms with van der Waals surface area (Å²) in [6, 6.07) is 7.61. The SMILES string of the molecule is CNc1ccc2c(C)c(-c3ccc(F)cc3C(C)(F)F)sc2c1C. The molecular formula is C19H18F3NS. The lowest BCUT2D eigenvalue weighted by Gasteiger charge is -2.15. The van der Waals surface area contributed by atoms with E-state index >= 15 is 0 Å². The lowest BCUT2D eigenvalue weighted by molar-refractivity contribution is 0.0178. The van der Waals surface area contributed by atoms with Crippen molar-refractivity contribution in [3.63, 3.8) is 0 Å². The molecule has 0 aliphatic rings. The second-order valence-electron chi connectivity index (χ2n) is 6.00. The van der Waals surface area contributed by atoms with Gasteiger partial charge >= 0.3 is 0 Å². The van der Waals surface area contributed by atoms with E-state index in [9.17, 15) is 13.2 Å². The van der Waals surface area contributed by atoms with Gasteiger partial charge in [0.05, 0.1) is 0 Å². The Kier molecular flexibility index (Phi) is 4.08. The Labute approximate surface area is 143 Å². The zero-order valence-electron chi connectivity index (χ0n) is 13.9. The van der Waals surface area contributed by atoms with Gasteiger partial charge in [-0.05, 0) is 48.6 Å². The van der Waals surface area contributed by atoms with Crippen molar-refractivity contribution in [2.45, 2.75) is 26.7 Å². The maximum Gasteiger partial charge on any atom is 0.271 e. The average Bonchev–Trinajstić information content (AvgIpc) is 2.85. The van der Waals surface area contributed by atoms with Gasteiger partial charge in [-0.2, -0.15) is 0 Å². The molecule has 3 rings (SSSR count). The molecule has 2 aromatic carbocycles. The molecule has 24 heavy (non-hydrogen) atoms. The molecular weight excluding hydrogens is 331 g/mol. The number of hydrogen-bond donors (Lipinski definition) is 1. The molecule has 0 bridgehead atoms. The van der Waals surface area contributed by atoms with Crippen LogP contribution in [0.5, 0.6) is 0 Å². The van der Waals surface area contributed by atoms with E-state index in [-0.39, 0.29) is 5.56 Å². The van der Waals surface area contributed by atoms with E-state index in [1.54, 1.807) is 0 Å². The molecule has 1 N–H and O–H groups in total. The Bertz CT molecular complexity index is 922. The third-order valence-corrected chi connectivity index (χ3v) is 5.78. The fraction of sp³-hybridized carbons (Fsp3) is 0.263. The van der Waals surface area contributed by atoms with Gasteiger partial charge in [-0.25, -0.2) is 13.2 Å². The standard InChI is InChI=1S/C19H18F3NS/c1-10-13-7-8-16(23-4)11(2)18(13)24-17(10)14-6-5-12(20)9-15(14)19(3,21)22/h5-9,23H,1-4H3. The fourth-order valence-corrected chi connectivity index (χ4v) is 4.37. The quantitative estimate of drug-likeness (QED) is 0.571. The van der Waals surface area contributed by atoms with Crippen molar-refractivity contribution < 1.29 is 13.2 Å². The number of rotatable bonds is 3. The largest absolute Gasteiger partial charge is 0.388 e. The summed E-state index contributed by atoms with van der Waals surface area (Å²) in [5.74, 6) is -3.76. The summed E-state index contributed by atoms with van der Waals surface area (Å²) in [6.45, 7) is 4.74. The average molecular weight is 349 g/mol. The Balaban J connectivity index is 2.32. The molecule has 1 heterocycles. The van der Waals surface area contributed by atoms with Gasteiger partial charge in [0.15, 0.2) is 0 Å². The zero-order chi connectivity index (χ0) is 17.6. The minimum Gasteiger partial charge on any atom is -0.388 e. The van der Waals surface area contributed by atoms with Crippen LogP contribution >= 0.6 is 11.3 Å². The number of thiophene rings is 1. The van der Waals surface area contributed by atoms with Crippen LogP contribution < -0.4 is 5.32 Å². The smallest absolute Gasteiger partial charge is 0.271 e. The molecule has 5 heteroatoms. The Hall–Kier alpha value is -2.01. The predicted octanol–water partition coefficient (Wildman–Crippen LogP) is 6.48. The van der Waals surface area contributed by atoms with Crippen LogP contribution in [-0.2, 0) is 5.92 Å². The molecule has 0 radical (unpaired) electrons. The molecule has 0 unspecified atom stereocenters. The summed E-state index contributed by atoms with van der Waals surface area (Å²) in [5, 5.41) is 4.18. The molecule has 0 saturated carbocycles. The molecule has 0 aliphatic carbocycles. The third kappa shape index (κ3) is 2.67. The molecule has 3 aromatic rings. The molecule has 0 atom stereocenters. The number of fused-ring (bicyclic) bond motifs is 1. The molecule has 1 nitrogen and oxygen atoms in total. The first-order valence-electron chi connectivity index (χ1n) is 7.62. The minimum atomic E-state index is -3.11. The predicted molar refractivity (Wildman–Crippen MR) is 95.8 cm³/mol. The molecule has 0 fully saturated rings. The first-order chi connectivity index (χ1) is 11.2. The highest BCUT2D eigenvalue weighted by molar-refractivity contribution is 7.22. The van der Waals surface area contributed by atoms with Crippen LogP contribution in [0.15, 0.2) is 30.3 Å². The number of anilines is 1. The van der Waals surface area contributed by atoms with Crippen molar-refractivity contribution in [1.29, 1.82) is 0 Å². The van der Waals surface area contributed by atoms with Crippen molar-refractivity contribution in [1.82, 2.24) is 0 Å². The van der Waals surface area contributed by atoms with E-state index < -0.39 is 11.7 Å². The fourth-order valence-electron chi connectivity index (χ4n) is 3.02. The number of aryl methyl sites for hydroxylation is 2. The van der Waals surface area contributed by atoms with Crippen LogP contribution in [0.4, 0.5) is 18.9 Å². The number of nitrogens with one attached hydrogen (secondary N) is 1. The van der Waals surface area contributed by atoms with Gasteiger partial charge in [-0.3, -0.25) is 0 Å². The van der Waals surface area contributed by atoms with Gasteiger partial charge in [0, 0.05) is 40.4 Å². The summed E-state index contributed by atoms with van der Waals surface area (Å²) in [5.41, 5.74) is 3.16. The van der Waals surface area contributed by atoms with Crippen molar-refractivity contribution >= 4 is 27.1 Å². The van der Waals surface area contributed by atoms with Gasteiger partial charge in [0.25, 0.3) is 5.92 Å². The zero-order valence-corrected chi connectivity index (χ0v) is 14.7. The first kappa shape index (κ1) is 16.8. The maximum atomic E-state index is 14.0. The highest BCUT2D eigenvalue weighted by atomic mass is 32.1. The maximum absolute atomic E-state index is 14.0. The van der Waals surface area contributed by atoms with E-state index in [0.29, 0.717) is 5.56 Å². The van der Waals surface area contributed by atoms with Crippen LogP contribution in [0.1, 0.15) is 23.6 Å². The number of halogens is 3. The van der Waals surface area contributed by atoms with E-state index in [2.05, 4.69) is 5.32 Å². The monoisotopic (exact) mass is 349 g/mol. The Morgan fingerprint density at radius 3 is 2.38 bits per heavy atom. The third-order valence-electron chi connectivity index (χ3n) is 4.32. The molecule has 0 aliphatic heterocycles. The van der Waals surface area contributed by atoms with Gasteiger partial charge in [-0.15, -0.1) is 11.3 Å². The lowest BCUT2D eigenvalue weighted by Crippen LogP contribution is -2.09. The van der Waals surface area contributed by atoms with Crippen LogP contribution in [0.3, 0.4) is 0 Å². The summed E-state index contributed by atoms with van der Waals surface area (Å²) in [4.78, 5) is 0.762. The van der Waals surface area contributed by atoms with E-state index in [1.807, 2.05) is 33.0 Å². The Morgan fingerprint density at radius 2 is 1.75 bits per heavy atom. The van der Waals surface area contributed by atoms with Crippen molar-refractivity contribution in [3.05, 3.63) is 52.8 Å². The molecule has 1 aromatic heterocycles. The lowest BCUT2D eigenvalue weighted by atomic mass is 9.98. The van der Waals surface area contributed by atoms with Crippen LogP contribution in [-0.4, -0.2) is 7.05 Å². The summed E-state index contributed by atoms with van der Waals surface area (Å²) in [7, 11) is 1.85. The second kappa shape index (κ2) is 5.81. The van der Waals surface area contributed by atoms with Crippen molar-refractivity contribution in [2.75, 3.05) is 12.4 Å². The van der Waals surface area contributed by atoms with E-state index in [0.717, 1.165) is 44.8 Å². The topological polar surface area (TPSA) is 12.0 Å². The number of benzene rings is 2. The normalized spacial score (nSPS) is 12.0. The Morgan fingerprint density at radius 1 is 1.04 bits per heavy atom. The van der Waals surface area contributed by atoms with Gasteiger partial charge < -0.3 is 5.32 Å². The highest BCUT2D eigenvalue weighted by Crippen LogP contribution is 2.45. The van der Waals surface area contributed by atoms with Crippen molar-refractivity contribution in [2.24, 2.45) is 0 Å². The number of hydrogen-bond acceptors (Lipinski definition) is 2. The van der Waals surface area contributed by atoms with Gasteiger partial charge in [0.2, 0.25) is 0 Å². The van der Waals surface area contributed by atoms with Gasteiger partial charge in [-0.1, -0.05) is 12.1 Å². The number of alkyl halides is 2. The molecule has 0 spiro atoms. The summed E-state index contributed by atoms with van der Waals surface area (Å²) < 4.78 is 42.6. The summed E-state index contributed by atoms with van der Waals surface area (Å²) in [6.07, 6.45) is 0. The van der Waals surface area contributed by atoms with Crippen molar-refractivity contribution in [3.8, 4) is 10.4 Å². The molecule has 0 amide bonds. The van der Waals surface area contributed by atoms with Crippen LogP contribution in [0.2, 0.25) is 0 Å². The van der Waals surface area contributed by atoms with Crippen LogP contribution in [0, 0.1) is 19.7 Å². The second-order valence-corrected chi connectivity index (χ2v) is 7.02. The summed E-state index contributed by atoms with van der Waals surface area (Å²) >= 11 is 1.47. The first-order valence-corrected chi connectivity index (χ1v) is 8.44. The van der Waals surface area contributed by atoms with Gasteiger partial charge in [0.1, 0.15) is 5.82 Å². The molecule has 0 saturated heterocycles. The van der Waals surface area contributed by atoms with E-state index in [4.69, 9.17) is 0 Å². The van der Waals surface area contributed by atoms with Crippen LogP contribution in [0.25, 0.3) is 20.5 Å². The van der Waals surface area contributed by atoms with E-state index in [1.165, 1.54) is 23.5 Å². The highest BCUT2D eigenvalue weighted by Gasteiger charge is 2.30. The molecule has 126 valence electrons. The minimum absolute atomic E-state index is 0.274.